The Bertz CT molecular complexity index is 862. The number of piperazine rings is 1. The molecule has 1 aliphatic rings. The van der Waals surface area contributed by atoms with Gasteiger partial charge in [-0.05, 0) is 13.8 Å². The predicted molar refractivity (Wildman–Crippen MR) is 86.8 cm³/mol. The molecular formula is C15H20N8O. The maximum atomic E-state index is 5.04. The van der Waals surface area contributed by atoms with Crippen LogP contribution in [0.3, 0.4) is 0 Å². The van der Waals surface area contributed by atoms with Gasteiger partial charge in [0.1, 0.15) is 12.1 Å². The van der Waals surface area contributed by atoms with E-state index in [2.05, 4.69) is 41.9 Å². The molecule has 0 aromatic carbocycles. The van der Waals surface area contributed by atoms with Crippen LogP contribution in [0, 0.1) is 20.8 Å². The fourth-order valence-corrected chi connectivity index (χ4v) is 3.11. The highest BCUT2D eigenvalue weighted by molar-refractivity contribution is 5.54. The van der Waals surface area contributed by atoms with Gasteiger partial charge in [0.05, 0.1) is 6.54 Å². The molecule has 0 bridgehead atoms. The Kier molecular flexibility index (Phi) is 3.64. The third kappa shape index (κ3) is 2.60. The highest BCUT2D eigenvalue weighted by atomic mass is 16.5. The van der Waals surface area contributed by atoms with E-state index in [0.29, 0.717) is 11.7 Å². The summed E-state index contributed by atoms with van der Waals surface area (Å²) in [6.07, 6.45) is 1.56. The summed E-state index contributed by atoms with van der Waals surface area (Å²) in [5, 5.41) is 8.32. The quantitative estimate of drug-likeness (QED) is 0.696. The zero-order valence-electron chi connectivity index (χ0n) is 14.1. The number of rotatable bonds is 3. The van der Waals surface area contributed by atoms with Gasteiger partial charge in [0, 0.05) is 44.4 Å². The molecule has 4 heterocycles. The molecule has 24 heavy (non-hydrogen) atoms. The molecule has 0 aliphatic carbocycles. The molecule has 0 amide bonds. The van der Waals surface area contributed by atoms with Crippen LogP contribution in [0.15, 0.2) is 10.9 Å². The second-order valence-corrected chi connectivity index (χ2v) is 6.11. The average molecular weight is 328 g/mol. The molecule has 0 N–H and O–H groups in total. The molecular weight excluding hydrogens is 308 g/mol. The Morgan fingerprint density at radius 3 is 2.58 bits per heavy atom. The van der Waals surface area contributed by atoms with Gasteiger partial charge in [-0.2, -0.15) is 19.6 Å². The van der Waals surface area contributed by atoms with Crippen molar-refractivity contribution in [3.05, 3.63) is 29.3 Å². The largest absolute Gasteiger partial charge is 0.354 e. The normalized spacial score (nSPS) is 16.2. The lowest BCUT2D eigenvalue weighted by Crippen LogP contribution is -2.47. The monoisotopic (exact) mass is 328 g/mol. The topological polar surface area (TPSA) is 88.5 Å². The van der Waals surface area contributed by atoms with E-state index in [1.54, 1.807) is 6.33 Å². The third-order valence-electron chi connectivity index (χ3n) is 4.48. The summed E-state index contributed by atoms with van der Waals surface area (Å²) in [5.74, 6) is 3.10. The number of aromatic nitrogens is 6. The van der Waals surface area contributed by atoms with Crippen molar-refractivity contribution in [2.75, 3.05) is 31.1 Å². The molecule has 3 aromatic rings. The Labute approximate surface area is 139 Å². The first-order valence-electron chi connectivity index (χ1n) is 8.05. The first-order valence-corrected chi connectivity index (χ1v) is 8.05. The Morgan fingerprint density at radius 2 is 1.88 bits per heavy atom. The summed E-state index contributed by atoms with van der Waals surface area (Å²) in [4.78, 5) is 17.7. The van der Waals surface area contributed by atoms with Crippen molar-refractivity contribution in [2.45, 2.75) is 27.3 Å². The first-order chi connectivity index (χ1) is 11.6. The molecule has 4 rings (SSSR count). The van der Waals surface area contributed by atoms with Crippen LogP contribution in [0.25, 0.3) is 5.78 Å². The number of hydrogen-bond acceptors (Lipinski definition) is 8. The van der Waals surface area contributed by atoms with Crippen molar-refractivity contribution < 1.29 is 4.52 Å². The summed E-state index contributed by atoms with van der Waals surface area (Å²) in [7, 11) is 0. The number of fused-ring (bicyclic) bond motifs is 1. The minimum atomic E-state index is 0.611. The van der Waals surface area contributed by atoms with Crippen LogP contribution < -0.4 is 4.90 Å². The van der Waals surface area contributed by atoms with Crippen LogP contribution in [0.2, 0.25) is 0 Å². The van der Waals surface area contributed by atoms with E-state index >= 15 is 0 Å². The highest BCUT2D eigenvalue weighted by Crippen LogP contribution is 2.23. The van der Waals surface area contributed by atoms with Crippen LogP contribution >= 0.6 is 0 Å². The average Bonchev–Trinajstić information content (AvgIpc) is 3.18. The zero-order chi connectivity index (χ0) is 16.7. The van der Waals surface area contributed by atoms with Gasteiger partial charge >= 0.3 is 0 Å². The molecule has 1 saturated heterocycles. The van der Waals surface area contributed by atoms with Gasteiger partial charge < -0.3 is 9.42 Å². The predicted octanol–water partition coefficient (Wildman–Crippen LogP) is 0.755. The van der Waals surface area contributed by atoms with Gasteiger partial charge in [0.25, 0.3) is 5.78 Å². The summed E-state index contributed by atoms with van der Waals surface area (Å²) in [6, 6.07) is 0. The third-order valence-corrected chi connectivity index (χ3v) is 4.48. The molecule has 0 radical (unpaired) electrons. The van der Waals surface area contributed by atoms with Gasteiger partial charge in [-0.15, -0.1) is 0 Å². The Morgan fingerprint density at radius 1 is 1.08 bits per heavy atom. The number of nitrogens with zero attached hydrogens (tertiary/aromatic N) is 8. The minimum Gasteiger partial charge on any atom is -0.354 e. The fraction of sp³-hybridized carbons (Fsp3) is 0.533. The van der Waals surface area contributed by atoms with E-state index in [-0.39, 0.29) is 0 Å². The summed E-state index contributed by atoms with van der Waals surface area (Å²) < 4.78 is 6.87. The van der Waals surface area contributed by atoms with Crippen LogP contribution in [0.4, 0.5) is 5.82 Å². The molecule has 9 nitrogen and oxygen atoms in total. The van der Waals surface area contributed by atoms with Gasteiger partial charge in [-0.25, -0.2) is 4.98 Å². The van der Waals surface area contributed by atoms with Crippen molar-refractivity contribution in [2.24, 2.45) is 0 Å². The molecule has 1 aliphatic heterocycles. The number of aryl methyl sites for hydroxylation is 2. The zero-order valence-corrected chi connectivity index (χ0v) is 14.1. The van der Waals surface area contributed by atoms with Crippen molar-refractivity contribution in [1.29, 1.82) is 0 Å². The van der Waals surface area contributed by atoms with E-state index in [1.807, 2.05) is 18.4 Å². The van der Waals surface area contributed by atoms with Gasteiger partial charge in [-0.3, -0.25) is 4.90 Å². The lowest BCUT2D eigenvalue weighted by Gasteiger charge is -2.36. The highest BCUT2D eigenvalue weighted by Gasteiger charge is 2.23. The minimum absolute atomic E-state index is 0.611. The lowest BCUT2D eigenvalue weighted by atomic mass is 10.2. The SMILES string of the molecule is Cc1nc(CN2CCN(c3c(C)c(C)nc4ncnn34)CC2)no1. The van der Waals surface area contributed by atoms with Crippen molar-refractivity contribution >= 4 is 11.6 Å². The number of hydrogen-bond donors (Lipinski definition) is 0. The van der Waals surface area contributed by atoms with Crippen LogP contribution in [0.1, 0.15) is 23.0 Å². The first kappa shape index (κ1) is 15.0. The molecule has 126 valence electrons. The summed E-state index contributed by atoms with van der Waals surface area (Å²) >= 11 is 0. The number of anilines is 1. The maximum absolute atomic E-state index is 5.04. The van der Waals surface area contributed by atoms with Crippen molar-refractivity contribution in [1.82, 2.24) is 34.6 Å². The van der Waals surface area contributed by atoms with Crippen molar-refractivity contribution in [3.8, 4) is 0 Å². The van der Waals surface area contributed by atoms with E-state index in [1.165, 1.54) is 0 Å². The van der Waals surface area contributed by atoms with Gasteiger partial charge in [0.2, 0.25) is 5.89 Å². The smallest absolute Gasteiger partial charge is 0.254 e. The van der Waals surface area contributed by atoms with E-state index in [0.717, 1.165) is 55.6 Å². The molecule has 0 spiro atoms. The van der Waals surface area contributed by atoms with Crippen molar-refractivity contribution in [3.63, 3.8) is 0 Å². The maximum Gasteiger partial charge on any atom is 0.254 e. The molecule has 0 atom stereocenters. The lowest BCUT2D eigenvalue weighted by molar-refractivity contribution is 0.239. The van der Waals surface area contributed by atoms with E-state index in [4.69, 9.17) is 4.52 Å². The standard InChI is InChI=1S/C15H20N8O/c1-10-11(2)18-15-16-9-17-23(15)14(10)22-6-4-21(5-7-22)8-13-19-12(3)24-20-13/h9H,4-8H2,1-3H3. The second-order valence-electron chi connectivity index (χ2n) is 6.11. The summed E-state index contributed by atoms with van der Waals surface area (Å²) in [5.41, 5.74) is 2.14. The van der Waals surface area contributed by atoms with E-state index in [9.17, 15) is 0 Å². The Balaban J connectivity index is 1.52. The summed E-state index contributed by atoms with van der Waals surface area (Å²) in [6.45, 7) is 10.3. The molecule has 1 fully saturated rings. The van der Waals surface area contributed by atoms with Gasteiger partial charge in [-0.1, -0.05) is 5.16 Å². The van der Waals surface area contributed by atoms with Crippen LogP contribution in [-0.4, -0.2) is 60.8 Å². The van der Waals surface area contributed by atoms with Crippen LogP contribution in [-0.2, 0) is 6.54 Å². The fourth-order valence-electron chi connectivity index (χ4n) is 3.11. The Hall–Kier alpha value is -2.55. The van der Waals surface area contributed by atoms with E-state index < -0.39 is 0 Å². The van der Waals surface area contributed by atoms with Gasteiger partial charge in [0.15, 0.2) is 5.82 Å². The molecule has 3 aromatic heterocycles. The molecule has 0 saturated carbocycles. The second kappa shape index (κ2) is 5.82. The molecule has 0 unspecified atom stereocenters. The molecule has 9 heteroatoms. The van der Waals surface area contributed by atoms with Crippen LogP contribution in [0.5, 0.6) is 0 Å².